The molecule has 4 nitrogen and oxygen atoms in total. The molecule has 0 amide bonds. The molecule has 2 aliphatic rings. The number of benzene rings is 1. The second kappa shape index (κ2) is 6.40. The molecule has 2 aromatic rings. The second-order valence-electron chi connectivity index (χ2n) is 9.20. The topological polar surface area (TPSA) is 61.5 Å². The van der Waals surface area contributed by atoms with Crippen LogP contribution in [0.15, 0.2) is 18.2 Å². The molecule has 1 fully saturated rings. The van der Waals surface area contributed by atoms with Gasteiger partial charge in [0.25, 0.3) is 0 Å². The van der Waals surface area contributed by atoms with Crippen LogP contribution >= 0.6 is 12.2 Å². The quantitative estimate of drug-likeness (QED) is 0.545. The van der Waals surface area contributed by atoms with Crippen molar-refractivity contribution in [3.8, 4) is 0 Å². The van der Waals surface area contributed by atoms with E-state index in [2.05, 4.69) is 61.1 Å². The first-order valence-corrected chi connectivity index (χ1v) is 10.5. The number of Topliss-reactive ketones (excluding diaryl/α,β-unsaturated/α-hetero) is 1. The number of hydrogen-bond donors (Lipinski definition) is 2. The Labute approximate surface area is 166 Å². The Balaban J connectivity index is 1.76. The number of rotatable bonds is 3. The number of carbonyl (C=O) groups excluding carboxylic acids is 1. The van der Waals surface area contributed by atoms with Gasteiger partial charge < -0.3 is 0 Å². The van der Waals surface area contributed by atoms with E-state index in [9.17, 15) is 4.79 Å². The van der Waals surface area contributed by atoms with Crippen LogP contribution in [0, 0.1) is 16.1 Å². The minimum Gasteiger partial charge on any atom is -0.290 e. The van der Waals surface area contributed by atoms with Crippen molar-refractivity contribution in [2.45, 2.75) is 71.1 Å². The molecule has 0 spiro atoms. The van der Waals surface area contributed by atoms with Gasteiger partial charge in [-0.3, -0.25) is 15.0 Å². The van der Waals surface area contributed by atoms with Crippen molar-refractivity contribution in [3.05, 3.63) is 45.5 Å². The van der Waals surface area contributed by atoms with E-state index in [4.69, 9.17) is 12.2 Å². The maximum Gasteiger partial charge on any atom is 0.213 e. The molecule has 1 aromatic carbocycles. The molecular formula is C22H29N3OS. The Morgan fingerprint density at radius 3 is 2.70 bits per heavy atom. The molecule has 1 saturated carbocycles. The van der Waals surface area contributed by atoms with Crippen molar-refractivity contribution < 1.29 is 4.79 Å². The molecule has 27 heavy (non-hydrogen) atoms. The van der Waals surface area contributed by atoms with Gasteiger partial charge in [-0.2, -0.15) is 4.98 Å². The third-order valence-electron chi connectivity index (χ3n) is 7.28. The fourth-order valence-electron chi connectivity index (χ4n) is 5.79. The van der Waals surface area contributed by atoms with E-state index < -0.39 is 5.41 Å². The highest BCUT2D eigenvalue weighted by Crippen LogP contribution is 2.58. The van der Waals surface area contributed by atoms with Crippen LogP contribution in [-0.4, -0.2) is 21.0 Å². The maximum atomic E-state index is 13.4. The lowest BCUT2D eigenvalue weighted by Crippen LogP contribution is -2.52. The highest BCUT2D eigenvalue weighted by Gasteiger charge is 2.55. The van der Waals surface area contributed by atoms with E-state index in [-0.39, 0.29) is 11.2 Å². The summed E-state index contributed by atoms with van der Waals surface area (Å²) in [6, 6.07) is 7.03. The van der Waals surface area contributed by atoms with Gasteiger partial charge in [0.15, 0.2) is 5.82 Å². The lowest BCUT2D eigenvalue weighted by atomic mass is 9.48. The number of nitrogens with one attached hydrogen (secondary N) is 2. The molecule has 5 heteroatoms. The number of fused-ring (bicyclic) bond motifs is 3. The van der Waals surface area contributed by atoms with Crippen molar-refractivity contribution in [3.63, 3.8) is 0 Å². The van der Waals surface area contributed by atoms with Crippen LogP contribution in [0.3, 0.4) is 0 Å². The SMILES string of the molecule is CC(C)c1ccc2c(c1)CC[C@H]1[C@](C)(C(=O)c3nc(=S)[nH][nH]3)CCC[C@]21C. The van der Waals surface area contributed by atoms with Gasteiger partial charge in [0.2, 0.25) is 10.6 Å². The molecule has 0 saturated heterocycles. The summed E-state index contributed by atoms with van der Waals surface area (Å²) in [5, 5.41) is 5.66. The van der Waals surface area contributed by atoms with Crippen LogP contribution in [-0.2, 0) is 11.8 Å². The summed E-state index contributed by atoms with van der Waals surface area (Å²) in [6.45, 7) is 9.02. The Morgan fingerprint density at radius 2 is 2.04 bits per heavy atom. The summed E-state index contributed by atoms with van der Waals surface area (Å²) in [6.07, 6.45) is 5.23. The lowest BCUT2D eigenvalue weighted by Gasteiger charge is -2.54. The van der Waals surface area contributed by atoms with E-state index in [1.165, 1.54) is 16.7 Å². The van der Waals surface area contributed by atoms with Crippen molar-refractivity contribution in [2.75, 3.05) is 0 Å². The lowest BCUT2D eigenvalue weighted by molar-refractivity contribution is 0.0237. The zero-order valence-electron chi connectivity index (χ0n) is 16.7. The average molecular weight is 384 g/mol. The molecule has 0 aliphatic heterocycles. The Kier molecular flexibility index (Phi) is 4.41. The van der Waals surface area contributed by atoms with Gasteiger partial charge in [-0.05, 0) is 71.8 Å². The molecule has 1 aromatic heterocycles. The maximum absolute atomic E-state index is 13.4. The van der Waals surface area contributed by atoms with Crippen molar-refractivity contribution in [2.24, 2.45) is 11.3 Å². The molecule has 2 N–H and O–H groups in total. The molecule has 4 rings (SSSR count). The highest BCUT2D eigenvalue weighted by atomic mass is 32.1. The Morgan fingerprint density at radius 1 is 1.26 bits per heavy atom. The van der Waals surface area contributed by atoms with E-state index in [1.54, 1.807) is 0 Å². The second-order valence-corrected chi connectivity index (χ2v) is 9.58. The summed E-state index contributed by atoms with van der Waals surface area (Å²) in [7, 11) is 0. The van der Waals surface area contributed by atoms with E-state index in [1.807, 2.05) is 0 Å². The fourth-order valence-corrected chi connectivity index (χ4v) is 5.93. The van der Waals surface area contributed by atoms with Crippen LogP contribution in [0.25, 0.3) is 0 Å². The van der Waals surface area contributed by atoms with E-state index in [0.29, 0.717) is 22.4 Å². The summed E-state index contributed by atoms with van der Waals surface area (Å²) >= 11 is 5.06. The number of aromatic amines is 2. The molecule has 1 heterocycles. The standard InChI is InChI=1S/C22H29N3OS/c1-13(2)14-6-8-16-15(12-14)7-9-17-21(16,3)10-5-11-22(17,4)18(26)19-23-20(27)25-24-19/h6,8,12-13,17H,5,7,9-11H2,1-4H3,(H2,23,24,25,27)/t17-,21-,22-/m1/s1. The smallest absolute Gasteiger partial charge is 0.213 e. The molecule has 2 aliphatic carbocycles. The van der Waals surface area contributed by atoms with Gasteiger partial charge in [0.1, 0.15) is 0 Å². The number of hydrogen-bond acceptors (Lipinski definition) is 3. The third kappa shape index (κ3) is 2.82. The van der Waals surface area contributed by atoms with Crippen LogP contribution in [0.2, 0.25) is 0 Å². The zero-order chi connectivity index (χ0) is 19.4. The largest absolute Gasteiger partial charge is 0.290 e. The summed E-state index contributed by atoms with van der Waals surface area (Å²) in [4.78, 5) is 17.6. The number of nitrogens with zero attached hydrogens (tertiary/aromatic N) is 1. The molecule has 0 radical (unpaired) electrons. The first-order chi connectivity index (χ1) is 12.8. The van der Waals surface area contributed by atoms with Crippen LogP contribution in [0.1, 0.15) is 86.6 Å². The van der Waals surface area contributed by atoms with Gasteiger partial charge in [0, 0.05) is 5.41 Å². The molecule has 144 valence electrons. The average Bonchev–Trinajstić information content (AvgIpc) is 3.06. The summed E-state index contributed by atoms with van der Waals surface area (Å²) < 4.78 is 0.343. The van der Waals surface area contributed by atoms with Gasteiger partial charge in [-0.1, -0.05) is 52.3 Å². The van der Waals surface area contributed by atoms with Crippen LogP contribution in [0.4, 0.5) is 0 Å². The predicted molar refractivity (Wildman–Crippen MR) is 110 cm³/mol. The van der Waals surface area contributed by atoms with E-state index in [0.717, 1.165) is 32.1 Å². The summed E-state index contributed by atoms with van der Waals surface area (Å²) in [5.41, 5.74) is 3.98. The predicted octanol–water partition coefficient (Wildman–Crippen LogP) is 5.48. The highest BCUT2D eigenvalue weighted by molar-refractivity contribution is 7.71. The molecular weight excluding hydrogens is 354 g/mol. The number of aromatic nitrogens is 3. The third-order valence-corrected chi connectivity index (χ3v) is 7.47. The normalized spacial score (nSPS) is 30.0. The number of ketones is 1. The number of aryl methyl sites for hydroxylation is 1. The van der Waals surface area contributed by atoms with E-state index >= 15 is 0 Å². The summed E-state index contributed by atoms with van der Waals surface area (Å²) in [5.74, 6) is 1.35. The van der Waals surface area contributed by atoms with Crippen LogP contribution < -0.4 is 0 Å². The zero-order valence-corrected chi connectivity index (χ0v) is 17.5. The van der Waals surface area contributed by atoms with Crippen molar-refractivity contribution in [1.82, 2.24) is 15.2 Å². The fraction of sp³-hybridized carbons (Fsp3) is 0.591. The van der Waals surface area contributed by atoms with Gasteiger partial charge in [0.05, 0.1) is 0 Å². The number of carbonyl (C=O) groups is 1. The van der Waals surface area contributed by atoms with Gasteiger partial charge >= 0.3 is 0 Å². The Bertz CT molecular complexity index is 943. The van der Waals surface area contributed by atoms with Crippen molar-refractivity contribution in [1.29, 1.82) is 0 Å². The van der Waals surface area contributed by atoms with Gasteiger partial charge in [-0.25, -0.2) is 0 Å². The minimum atomic E-state index is -0.408. The monoisotopic (exact) mass is 383 g/mol. The first-order valence-electron chi connectivity index (χ1n) is 10.1. The van der Waals surface area contributed by atoms with Gasteiger partial charge in [-0.15, -0.1) is 0 Å². The van der Waals surface area contributed by atoms with Crippen molar-refractivity contribution >= 4 is 18.0 Å². The van der Waals surface area contributed by atoms with Crippen LogP contribution in [0.5, 0.6) is 0 Å². The Hall–Kier alpha value is -1.75. The molecule has 0 unspecified atom stereocenters. The minimum absolute atomic E-state index is 0.0405. The number of H-pyrrole nitrogens is 2. The molecule has 3 atom stereocenters. The molecule has 0 bridgehead atoms. The first kappa shape index (κ1) is 18.6.